The van der Waals surface area contributed by atoms with E-state index in [4.69, 9.17) is 11.6 Å². The van der Waals surface area contributed by atoms with E-state index in [1.54, 1.807) is 0 Å². The van der Waals surface area contributed by atoms with Crippen molar-refractivity contribution in [1.29, 1.82) is 0 Å². The number of halogens is 1. The predicted molar refractivity (Wildman–Crippen MR) is 66.8 cm³/mol. The van der Waals surface area contributed by atoms with Gasteiger partial charge in [-0.1, -0.05) is 23.7 Å². The van der Waals surface area contributed by atoms with Crippen LogP contribution in [0.1, 0.15) is 25.8 Å². The van der Waals surface area contributed by atoms with E-state index in [1.165, 1.54) is 0 Å². The molecule has 0 amide bonds. The van der Waals surface area contributed by atoms with E-state index in [2.05, 4.69) is 19.2 Å². The molecule has 2 N–H and O–H groups in total. The van der Waals surface area contributed by atoms with Gasteiger partial charge >= 0.3 is 0 Å². The average Bonchev–Trinajstić information content (AvgIpc) is 2.45. The topological polar surface area (TPSA) is 32.3 Å². The van der Waals surface area contributed by atoms with Gasteiger partial charge in [0.1, 0.15) is 0 Å². The van der Waals surface area contributed by atoms with E-state index in [9.17, 15) is 5.11 Å². The summed E-state index contributed by atoms with van der Waals surface area (Å²) in [5.74, 6) is 0. The molecule has 2 rings (SSSR count). The molecule has 1 aliphatic heterocycles. The standard InChI is InChI=1S/C13H18ClNO/c1-12(2)13(16,7-8-15-12)9-10-3-5-11(14)6-4-10/h3-6,15-16H,7-9H2,1-2H3. The monoisotopic (exact) mass is 239 g/mol. The highest BCUT2D eigenvalue weighted by molar-refractivity contribution is 6.30. The summed E-state index contributed by atoms with van der Waals surface area (Å²) in [4.78, 5) is 0. The summed E-state index contributed by atoms with van der Waals surface area (Å²) in [5.41, 5.74) is 0.233. The highest BCUT2D eigenvalue weighted by Crippen LogP contribution is 2.33. The quantitative estimate of drug-likeness (QED) is 0.831. The van der Waals surface area contributed by atoms with Gasteiger partial charge < -0.3 is 10.4 Å². The third kappa shape index (κ3) is 2.10. The Kier molecular flexibility index (Phi) is 2.99. The minimum atomic E-state index is -0.666. The van der Waals surface area contributed by atoms with Crippen LogP contribution >= 0.6 is 11.6 Å². The second-order valence-electron chi connectivity index (χ2n) is 5.14. The third-order valence-corrected chi connectivity index (χ3v) is 3.93. The summed E-state index contributed by atoms with van der Waals surface area (Å²) < 4.78 is 0. The van der Waals surface area contributed by atoms with Gasteiger partial charge in [-0.05, 0) is 44.5 Å². The second kappa shape index (κ2) is 4.02. The number of hydrogen-bond donors (Lipinski definition) is 2. The Labute approximate surface area is 102 Å². The lowest BCUT2D eigenvalue weighted by Gasteiger charge is -2.36. The first-order valence-corrected chi connectivity index (χ1v) is 6.03. The second-order valence-corrected chi connectivity index (χ2v) is 5.57. The Morgan fingerprint density at radius 1 is 1.31 bits per heavy atom. The molecule has 1 aromatic rings. The Morgan fingerprint density at radius 2 is 1.94 bits per heavy atom. The van der Waals surface area contributed by atoms with Crippen molar-refractivity contribution in [3.05, 3.63) is 34.9 Å². The van der Waals surface area contributed by atoms with Crippen LogP contribution in [-0.2, 0) is 6.42 Å². The molecular weight excluding hydrogens is 222 g/mol. The molecule has 1 aliphatic rings. The maximum absolute atomic E-state index is 10.6. The van der Waals surface area contributed by atoms with Crippen LogP contribution in [0.4, 0.5) is 0 Å². The molecule has 2 nitrogen and oxygen atoms in total. The first-order chi connectivity index (χ1) is 7.43. The van der Waals surface area contributed by atoms with Gasteiger partial charge in [0.15, 0.2) is 0 Å². The minimum Gasteiger partial charge on any atom is -0.388 e. The molecule has 1 saturated heterocycles. The molecule has 16 heavy (non-hydrogen) atoms. The molecule has 1 fully saturated rings. The van der Waals surface area contributed by atoms with Crippen molar-refractivity contribution in [2.45, 2.75) is 37.8 Å². The molecule has 1 unspecified atom stereocenters. The van der Waals surface area contributed by atoms with Crippen molar-refractivity contribution >= 4 is 11.6 Å². The number of rotatable bonds is 2. The molecule has 0 bridgehead atoms. The highest BCUT2D eigenvalue weighted by atomic mass is 35.5. The van der Waals surface area contributed by atoms with Gasteiger partial charge in [0.05, 0.1) is 5.60 Å². The summed E-state index contributed by atoms with van der Waals surface area (Å²) in [5, 5.41) is 14.7. The van der Waals surface area contributed by atoms with E-state index < -0.39 is 5.60 Å². The number of aliphatic hydroxyl groups is 1. The van der Waals surface area contributed by atoms with Gasteiger partial charge in [0, 0.05) is 17.0 Å². The summed E-state index contributed by atoms with van der Waals surface area (Å²) in [7, 11) is 0. The smallest absolute Gasteiger partial charge is 0.0875 e. The molecule has 1 atom stereocenters. The highest BCUT2D eigenvalue weighted by Gasteiger charge is 2.47. The molecule has 0 aliphatic carbocycles. The largest absolute Gasteiger partial charge is 0.388 e. The number of benzene rings is 1. The maximum Gasteiger partial charge on any atom is 0.0875 e. The molecule has 0 aromatic heterocycles. The summed E-state index contributed by atoms with van der Waals surface area (Å²) in [6.07, 6.45) is 1.47. The molecule has 0 saturated carbocycles. The van der Waals surface area contributed by atoms with Gasteiger partial charge in [0.25, 0.3) is 0 Å². The van der Waals surface area contributed by atoms with Crippen LogP contribution in [0.25, 0.3) is 0 Å². The van der Waals surface area contributed by atoms with Crippen LogP contribution in [0.5, 0.6) is 0 Å². The lowest BCUT2D eigenvalue weighted by molar-refractivity contribution is -0.00694. The summed E-state index contributed by atoms with van der Waals surface area (Å²) in [6, 6.07) is 7.70. The van der Waals surface area contributed by atoms with Gasteiger partial charge in [-0.3, -0.25) is 0 Å². The van der Waals surface area contributed by atoms with Crippen LogP contribution in [-0.4, -0.2) is 22.8 Å². The van der Waals surface area contributed by atoms with Crippen LogP contribution < -0.4 is 5.32 Å². The molecule has 3 heteroatoms. The number of hydrogen-bond acceptors (Lipinski definition) is 2. The first kappa shape index (κ1) is 11.9. The van der Waals surface area contributed by atoms with E-state index in [0.717, 1.165) is 23.6 Å². The summed E-state index contributed by atoms with van der Waals surface area (Å²) >= 11 is 5.84. The van der Waals surface area contributed by atoms with Crippen molar-refractivity contribution < 1.29 is 5.11 Å². The normalized spacial score (nSPS) is 28.2. The molecule has 1 heterocycles. The van der Waals surface area contributed by atoms with E-state index >= 15 is 0 Å². The number of nitrogens with one attached hydrogen (secondary N) is 1. The van der Waals surface area contributed by atoms with Crippen molar-refractivity contribution in [2.75, 3.05) is 6.54 Å². The molecule has 88 valence electrons. The van der Waals surface area contributed by atoms with E-state index in [-0.39, 0.29) is 5.54 Å². The lowest BCUT2D eigenvalue weighted by atomic mass is 9.79. The Morgan fingerprint density at radius 3 is 2.44 bits per heavy atom. The zero-order valence-corrected chi connectivity index (χ0v) is 10.5. The van der Waals surface area contributed by atoms with Crippen LogP contribution in [0, 0.1) is 0 Å². The van der Waals surface area contributed by atoms with Crippen LogP contribution in [0.15, 0.2) is 24.3 Å². The molecular formula is C13H18ClNO. The Bertz CT molecular complexity index is 374. The van der Waals surface area contributed by atoms with Gasteiger partial charge in [-0.2, -0.15) is 0 Å². The fourth-order valence-electron chi connectivity index (χ4n) is 2.31. The predicted octanol–water partition coefficient (Wildman–Crippen LogP) is 2.39. The van der Waals surface area contributed by atoms with E-state index in [1.807, 2.05) is 24.3 Å². The van der Waals surface area contributed by atoms with E-state index in [0.29, 0.717) is 6.42 Å². The Hall–Kier alpha value is -0.570. The van der Waals surface area contributed by atoms with Crippen LogP contribution in [0.3, 0.4) is 0 Å². The molecule has 0 radical (unpaired) electrons. The Balaban J connectivity index is 2.18. The third-order valence-electron chi connectivity index (χ3n) is 3.68. The summed E-state index contributed by atoms with van der Waals surface area (Å²) in [6.45, 7) is 4.98. The minimum absolute atomic E-state index is 0.230. The fourth-order valence-corrected chi connectivity index (χ4v) is 2.43. The van der Waals surface area contributed by atoms with Gasteiger partial charge in [0.2, 0.25) is 0 Å². The SMILES string of the molecule is CC1(C)NCCC1(O)Cc1ccc(Cl)cc1. The zero-order chi connectivity index (χ0) is 11.8. The molecule has 0 spiro atoms. The van der Waals surface area contributed by atoms with Crippen molar-refractivity contribution in [3.8, 4) is 0 Å². The van der Waals surface area contributed by atoms with Gasteiger partial charge in [-0.15, -0.1) is 0 Å². The average molecular weight is 240 g/mol. The van der Waals surface area contributed by atoms with Crippen molar-refractivity contribution in [2.24, 2.45) is 0 Å². The molecule has 1 aromatic carbocycles. The fraction of sp³-hybridized carbons (Fsp3) is 0.538. The lowest BCUT2D eigenvalue weighted by Crippen LogP contribution is -2.53. The maximum atomic E-state index is 10.6. The first-order valence-electron chi connectivity index (χ1n) is 5.65. The zero-order valence-electron chi connectivity index (χ0n) is 9.76. The van der Waals surface area contributed by atoms with Gasteiger partial charge in [-0.25, -0.2) is 0 Å². The van der Waals surface area contributed by atoms with Crippen molar-refractivity contribution in [1.82, 2.24) is 5.32 Å². The van der Waals surface area contributed by atoms with Crippen LogP contribution in [0.2, 0.25) is 5.02 Å². The van der Waals surface area contributed by atoms with Crippen molar-refractivity contribution in [3.63, 3.8) is 0 Å².